The Morgan fingerprint density at radius 2 is 0.750 bits per heavy atom. The standard InChI is InChI=1S/C28H37NP.2ClH/c29-24-16-5-3-1-2-4-6-17-25-30(26-18-10-7-11-19-26,27-20-12-8-13-21-27)28-22-14-9-15-23-28;;/h7-15,18-23H,1-6,16-17,24-25,29H2;2*1H/q+1;;. The van der Waals surface area contributed by atoms with Gasteiger partial charge in [-0.05, 0) is 62.2 Å². The Hall–Kier alpha value is -1.37. The molecule has 0 unspecified atom stereocenters. The van der Waals surface area contributed by atoms with E-state index in [9.17, 15) is 0 Å². The molecule has 0 aromatic heterocycles. The van der Waals surface area contributed by atoms with Crippen molar-refractivity contribution in [3.63, 3.8) is 0 Å². The maximum absolute atomic E-state index is 5.60. The van der Waals surface area contributed by atoms with Crippen LogP contribution in [0.2, 0.25) is 0 Å². The molecule has 3 aromatic carbocycles. The molecule has 4 heteroatoms. The van der Waals surface area contributed by atoms with Crippen molar-refractivity contribution in [2.24, 2.45) is 5.73 Å². The monoisotopic (exact) mass is 490 g/mol. The van der Waals surface area contributed by atoms with Gasteiger partial charge in [0.25, 0.3) is 0 Å². The van der Waals surface area contributed by atoms with E-state index >= 15 is 0 Å². The first kappa shape index (κ1) is 28.7. The molecule has 0 heterocycles. The van der Waals surface area contributed by atoms with Crippen LogP contribution in [0.25, 0.3) is 0 Å². The van der Waals surface area contributed by atoms with Crippen LogP contribution in [0.1, 0.15) is 51.4 Å². The summed E-state index contributed by atoms with van der Waals surface area (Å²) in [5, 5.41) is 4.51. The van der Waals surface area contributed by atoms with Crippen LogP contribution in [0.3, 0.4) is 0 Å². The van der Waals surface area contributed by atoms with Crippen LogP contribution < -0.4 is 21.6 Å². The summed E-state index contributed by atoms with van der Waals surface area (Å²) >= 11 is 0. The molecule has 2 N–H and O–H groups in total. The minimum atomic E-state index is -1.64. The first-order valence-electron chi connectivity index (χ1n) is 11.6. The maximum atomic E-state index is 5.60. The first-order chi connectivity index (χ1) is 14.9. The van der Waals surface area contributed by atoms with Gasteiger partial charge in [0.15, 0.2) is 0 Å². The zero-order valence-corrected chi connectivity index (χ0v) is 21.6. The molecule has 0 fully saturated rings. The van der Waals surface area contributed by atoms with Gasteiger partial charge in [0.2, 0.25) is 0 Å². The summed E-state index contributed by atoms with van der Waals surface area (Å²) in [6, 6.07) is 33.8. The zero-order valence-electron chi connectivity index (χ0n) is 19.1. The van der Waals surface area contributed by atoms with E-state index in [1.165, 1.54) is 73.4 Å². The van der Waals surface area contributed by atoms with Crippen LogP contribution in [0.15, 0.2) is 91.0 Å². The van der Waals surface area contributed by atoms with Crippen molar-refractivity contribution in [1.29, 1.82) is 0 Å². The van der Waals surface area contributed by atoms with E-state index in [1.807, 2.05) is 0 Å². The van der Waals surface area contributed by atoms with Gasteiger partial charge in [0, 0.05) is 0 Å². The number of benzene rings is 3. The lowest BCUT2D eigenvalue weighted by atomic mass is 10.1. The van der Waals surface area contributed by atoms with Crippen LogP contribution in [-0.4, -0.2) is 12.7 Å². The van der Waals surface area contributed by atoms with Crippen LogP contribution >= 0.6 is 32.1 Å². The third-order valence-electron chi connectivity index (χ3n) is 6.04. The molecule has 1 nitrogen and oxygen atoms in total. The molecule has 0 aliphatic carbocycles. The predicted molar refractivity (Wildman–Crippen MR) is 151 cm³/mol. The molecular formula is C28H39Cl2NP+. The van der Waals surface area contributed by atoms with Gasteiger partial charge in [-0.25, -0.2) is 0 Å². The van der Waals surface area contributed by atoms with Gasteiger partial charge >= 0.3 is 0 Å². The van der Waals surface area contributed by atoms with Crippen molar-refractivity contribution in [3.05, 3.63) is 91.0 Å². The van der Waals surface area contributed by atoms with E-state index in [0.29, 0.717) is 0 Å². The van der Waals surface area contributed by atoms with Gasteiger partial charge in [-0.2, -0.15) is 0 Å². The van der Waals surface area contributed by atoms with Crippen LogP contribution in [0, 0.1) is 0 Å². The molecule has 32 heavy (non-hydrogen) atoms. The number of rotatable bonds is 13. The van der Waals surface area contributed by atoms with E-state index in [-0.39, 0.29) is 24.8 Å². The number of halogens is 2. The van der Waals surface area contributed by atoms with Gasteiger partial charge < -0.3 is 5.73 Å². The Kier molecular flexibility index (Phi) is 14.6. The van der Waals surface area contributed by atoms with E-state index < -0.39 is 7.26 Å². The summed E-state index contributed by atoms with van der Waals surface area (Å²) in [6.07, 6.45) is 11.7. The number of hydrogen-bond donors (Lipinski definition) is 1. The SMILES string of the molecule is Cl.Cl.NCCCCCCCCCC[P+](c1ccccc1)(c1ccccc1)c1ccccc1. The Balaban J connectivity index is 0.00000256. The number of hydrogen-bond acceptors (Lipinski definition) is 1. The van der Waals surface area contributed by atoms with Crippen molar-refractivity contribution in [2.75, 3.05) is 12.7 Å². The molecule has 0 atom stereocenters. The largest absolute Gasteiger partial charge is 0.330 e. The number of nitrogens with two attached hydrogens (primary N) is 1. The molecule has 3 aromatic rings. The second kappa shape index (κ2) is 16.3. The fourth-order valence-corrected chi connectivity index (χ4v) is 8.85. The molecule has 0 spiro atoms. The lowest BCUT2D eigenvalue weighted by Gasteiger charge is -2.27. The summed E-state index contributed by atoms with van der Waals surface area (Å²) in [7, 11) is -1.64. The first-order valence-corrected chi connectivity index (χ1v) is 13.6. The topological polar surface area (TPSA) is 26.0 Å². The molecule has 0 saturated heterocycles. The minimum Gasteiger partial charge on any atom is -0.330 e. The average Bonchev–Trinajstić information content (AvgIpc) is 2.82. The summed E-state index contributed by atoms with van der Waals surface area (Å²) < 4.78 is 0. The van der Waals surface area contributed by atoms with E-state index in [2.05, 4.69) is 91.0 Å². The molecule has 0 radical (unpaired) electrons. The highest BCUT2D eigenvalue weighted by Gasteiger charge is 2.44. The summed E-state index contributed by atoms with van der Waals surface area (Å²) in [5.74, 6) is 0. The maximum Gasteiger partial charge on any atom is 0.112 e. The third kappa shape index (κ3) is 7.89. The summed E-state index contributed by atoms with van der Waals surface area (Å²) in [6.45, 7) is 0.838. The summed E-state index contributed by atoms with van der Waals surface area (Å²) in [5.41, 5.74) is 5.60. The minimum absolute atomic E-state index is 0. The Morgan fingerprint density at radius 3 is 1.09 bits per heavy atom. The molecule has 0 bridgehead atoms. The zero-order chi connectivity index (χ0) is 20.9. The third-order valence-corrected chi connectivity index (χ3v) is 10.6. The quantitative estimate of drug-likeness (QED) is 0.204. The molecule has 3 rings (SSSR count). The Morgan fingerprint density at radius 1 is 0.438 bits per heavy atom. The van der Waals surface area contributed by atoms with Crippen molar-refractivity contribution in [3.8, 4) is 0 Å². The fraction of sp³-hybridized carbons (Fsp3) is 0.357. The van der Waals surface area contributed by atoms with Crippen LogP contribution in [0.5, 0.6) is 0 Å². The van der Waals surface area contributed by atoms with E-state index in [0.717, 1.165) is 6.54 Å². The average molecular weight is 492 g/mol. The lowest BCUT2D eigenvalue weighted by molar-refractivity contribution is 0.579. The smallest absolute Gasteiger partial charge is 0.112 e. The Labute approximate surface area is 208 Å². The molecule has 0 aliphatic rings. The van der Waals surface area contributed by atoms with E-state index in [4.69, 9.17) is 5.73 Å². The van der Waals surface area contributed by atoms with Crippen LogP contribution in [-0.2, 0) is 0 Å². The normalized spacial score (nSPS) is 10.8. The van der Waals surface area contributed by atoms with Gasteiger partial charge in [0.05, 0.1) is 6.16 Å². The predicted octanol–water partition coefficient (Wildman–Crippen LogP) is 6.90. The van der Waals surface area contributed by atoms with Crippen molar-refractivity contribution in [1.82, 2.24) is 0 Å². The molecular weight excluding hydrogens is 452 g/mol. The number of unbranched alkanes of at least 4 members (excludes halogenated alkanes) is 7. The molecule has 0 saturated carbocycles. The lowest BCUT2D eigenvalue weighted by Crippen LogP contribution is -2.33. The fourth-order valence-electron chi connectivity index (χ4n) is 4.44. The highest BCUT2D eigenvalue weighted by atomic mass is 35.5. The van der Waals surface area contributed by atoms with E-state index in [1.54, 1.807) is 0 Å². The summed E-state index contributed by atoms with van der Waals surface area (Å²) in [4.78, 5) is 0. The Bertz CT molecular complexity index is 731. The molecule has 174 valence electrons. The molecule has 0 amide bonds. The second-order valence-electron chi connectivity index (χ2n) is 8.16. The van der Waals surface area contributed by atoms with Gasteiger partial charge in [-0.15, -0.1) is 24.8 Å². The van der Waals surface area contributed by atoms with Crippen molar-refractivity contribution < 1.29 is 0 Å². The highest BCUT2D eigenvalue weighted by Crippen LogP contribution is 2.55. The van der Waals surface area contributed by atoms with Crippen LogP contribution in [0.4, 0.5) is 0 Å². The van der Waals surface area contributed by atoms with Gasteiger partial charge in [-0.3, -0.25) is 0 Å². The van der Waals surface area contributed by atoms with Gasteiger partial charge in [-0.1, -0.05) is 86.7 Å². The van der Waals surface area contributed by atoms with Crippen molar-refractivity contribution in [2.45, 2.75) is 51.4 Å². The van der Waals surface area contributed by atoms with Gasteiger partial charge in [0.1, 0.15) is 23.2 Å². The molecule has 0 aliphatic heterocycles. The van der Waals surface area contributed by atoms with Crippen molar-refractivity contribution >= 4 is 48.0 Å². The second-order valence-corrected chi connectivity index (χ2v) is 11.8. The highest BCUT2D eigenvalue weighted by molar-refractivity contribution is 7.95.